The summed E-state index contributed by atoms with van der Waals surface area (Å²) in [6.45, 7) is 2.46. The van der Waals surface area contributed by atoms with E-state index in [1.165, 1.54) is 0 Å². The van der Waals surface area contributed by atoms with Crippen LogP contribution in [0.5, 0.6) is 5.75 Å². The van der Waals surface area contributed by atoms with E-state index in [-0.39, 0.29) is 5.92 Å². The molecule has 0 bridgehead atoms. The Bertz CT molecular complexity index is 1170. The van der Waals surface area contributed by atoms with Crippen molar-refractivity contribution in [2.75, 3.05) is 27.2 Å². The molecular formula is C25H29N5O2S. The summed E-state index contributed by atoms with van der Waals surface area (Å²) in [5.74, 6) is 2.11. The quantitative estimate of drug-likeness (QED) is 0.434. The number of imidazole rings is 1. The monoisotopic (exact) mass is 463 g/mol. The van der Waals surface area contributed by atoms with Gasteiger partial charge in [0, 0.05) is 48.9 Å². The van der Waals surface area contributed by atoms with Crippen LogP contribution in [0.1, 0.15) is 29.6 Å². The van der Waals surface area contributed by atoms with Crippen molar-refractivity contribution in [3.05, 3.63) is 71.1 Å². The summed E-state index contributed by atoms with van der Waals surface area (Å²) in [5, 5.41) is 6.14. The van der Waals surface area contributed by atoms with Crippen LogP contribution in [-0.2, 0) is 11.3 Å². The highest BCUT2D eigenvalue weighted by Gasteiger charge is 2.25. The number of amides is 1. The van der Waals surface area contributed by atoms with Crippen LogP contribution in [0.15, 0.2) is 60.2 Å². The Morgan fingerprint density at radius 2 is 2.18 bits per heavy atom. The maximum absolute atomic E-state index is 11.2. The minimum absolute atomic E-state index is 0.258. The summed E-state index contributed by atoms with van der Waals surface area (Å²) in [6.07, 6.45) is 6.89. The van der Waals surface area contributed by atoms with Gasteiger partial charge >= 0.3 is 0 Å². The van der Waals surface area contributed by atoms with E-state index in [1.807, 2.05) is 53.9 Å². The number of carbonyl (C=O) groups excluding carboxylic acids is 1. The summed E-state index contributed by atoms with van der Waals surface area (Å²) in [7, 11) is 3.59. The Morgan fingerprint density at radius 1 is 1.27 bits per heavy atom. The molecule has 3 aromatic heterocycles. The molecule has 1 unspecified atom stereocenters. The van der Waals surface area contributed by atoms with Crippen molar-refractivity contribution in [1.29, 1.82) is 0 Å². The third kappa shape index (κ3) is 5.40. The number of hydrogen-bond donors (Lipinski definition) is 1. The van der Waals surface area contributed by atoms with E-state index in [9.17, 15) is 4.79 Å². The van der Waals surface area contributed by atoms with Crippen LogP contribution in [-0.4, -0.2) is 52.9 Å². The lowest BCUT2D eigenvalue weighted by molar-refractivity contribution is -0.119. The van der Waals surface area contributed by atoms with Gasteiger partial charge in [-0.05, 0) is 44.2 Å². The zero-order valence-electron chi connectivity index (χ0n) is 19.0. The molecule has 1 saturated heterocycles. The summed E-state index contributed by atoms with van der Waals surface area (Å²) < 4.78 is 7.52. The van der Waals surface area contributed by atoms with Crippen LogP contribution in [0, 0.1) is 0 Å². The van der Waals surface area contributed by atoms with E-state index in [0.717, 1.165) is 72.2 Å². The summed E-state index contributed by atoms with van der Waals surface area (Å²) in [5.41, 5.74) is 3.07. The number of fused-ring (bicyclic) bond motifs is 1. The topological polar surface area (TPSA) is 71.8 Å². The second-order valence-corrected chi connectivity index (χ2v) is 8.88. The fourth-order valence-corrected chi connectivity index (χ4v) is 4.76. The number of benzene rings is 1. The number of thiazole rings is 1. The van der Waals surface area contributed by atoms with Crippen molar-refractivity contribution in [3.8, 4) is 17.0 Å². The largest absolute Gasteiger partial charge is 0.497 e. The smallest absolute Gasteiger partial charge is 0.209 e. The Balaban J connectivity index is 0.000000275. The zero-order chi connectivity index (χ0) is 23.0. The second kappa shape index (κ2) is 11.1. The number of pyridine rings is 1. The van der Waals surface area contributed by atoms with Crippen molar-refractivity contribution in [2.45, 2.75) is 25.3 Å². The van der Waals surface area contributed by atoms with E-state index < -0.39 is 0 Å². The van der Waals surface area contributed by atoms with Crippen LogP contribution < -0.4 is 10.1 Å². The number of rotatable bonds is 6. The van der Waals surface area contributed by atoms with Gasteiger partial charge in [0.05, 0.1) is 18.3 Å². The molecule has 1 aromatic carbocycles. The highest BCUT2D eigenvalue weighted by atomic mass is 32.1. The molecule has 1 atom stereocenters. The molecule has 1 aliphatic rings. The number of nitrogens with one attached hydrogen (secondary N) is 1. The Hall–Kier alpha value is -3.23. The van der Waals surface area contributed by atoms with E-state index in [0.29, 0.717) is 0 Å². The fourth-order valence-electron chi connectivity index (χ4n) is 4.14. The van der Waals surface area contributed by atoms with Crippen LogP contribution in [0.25, 0.3) is 16.8 Å². The van der Waals surface area contributed by atoms with Crippen molar-refractivity contribution in [1.82, 2.24) is 24.6 Å². The number of carbonyl (C=O) groups is 1. The molecule has 1 fully saturated rings. The molecular weight excluding hydrogens is 434 g/mol. The van der Waals surface area contributed by atoms with Gasteiger partial charge in [-0.15, -0.1) is 11.3 Å². The third-order valence-electron chi connectivity index (χ3n) is 5.70. The Morgan fingerprint density at radius 3 is 2.94 bits per heavy atom. The van der Waals surface area contributed by atoms with Gasteiger partial charge in [-0.1, -0.05) is 18.2 Å². The highest BCUT2D eigenvalue weighted by Crippen LogP contribution is 2.32. The molecule has 0 saturated carbocycles. The molecule has 172 valence electrons. The average Bonchev–Trinajstić information content (AvgIpc) is 3.53. The first-order chi connectivity index (χ1) is 16.2. The number of ether oxygens (including phenoxy) is 1. The number of piperidine rings is 1. The SMILES string of the molecule is CNCc1nccs1.COc1cccc(-c2nc(C3CCCN(C=O)C3)n3ccccc23)c1. The number of aromatic nitrogens is 3. The Kier molecular flexibility index (Phi) is 7.70. The average molecular weight is 464 g/mol. The third-order valence-corrected chi connectivity index (χ3v) is 6.48. The van der Waals surface area contributed by atoms with Crippen LogP contribution in [0.4, 0.5) is 0 Å². The Labute approximate surface area is 198 Å². The van der Waals surface area contributed by atoms with Gasteiger partial charge in [-0.25, -0.2) is 9.97 Å². The van der Waals surface area contributed by atoms with Gasteiger partial charge in [0.1, 0.15) is 16.6 Å². The lowest BCUT2D eigenvalue weighted by Gasteiger charge is -2.29. The number of likely N-dealkylation sites (tertiary alicyclic amines) is 1. The molecule has 4 aromatic rings. The van der Waals surface area contributed by atoms with E-state index >= 15 is 0 Å². The number of nitrogens with zero attached hydrogens (tertiary/aromatic N) is 4. The minimum Gasteiger partial charge on any atom is -0.497 e. The number of methoxy groups -OCH3 is 1. The second-order valence-electron chi connectivity index (χ2n) is 7.90. The molecule has 0 spiro atoms. The molecule has 8 heteroatoms. The molecule has 1 amide bonds. The molecule has 4 heterocycles. The molecule has 1 aliphatic heterocycles. The van der Waals surface area contributed by atoms with Gasteiger partial charge < -0.3 is 19.4 Å². The van der Waals surface area contributed by atoms with Crippen molar-refractivity contribution in [2.24, 2.45) is 0 Å². The van der Waals surface area contributed by atoms with Gasteiger partial charge in [-0.2, -0.15) is 0 Å². The summed E-state index contributed by atoms with van der Waals surface area (Å²) in [6, 6.07) is 14.1. The highest BCUT2D eigenvalue weighted by molar-refractivity contribution is 7.09. The van der Waals surface area contributed by atoms with E-state index in [4.69, 9.17) is 9.72 Å². The van der Waals surface area contributed by atoms with Crippen LogP contribution in [0.3, 0.4) is 0 Å². The van der Waals surface area contributed by atoms with Gasteiger partial charge in [0.15, 0.2) is 0 Å². The van der Waals surface area contributed by atoms with Gasteiger partial charge in [-0.3, -0.25) is 4.79 Å². The first kappa shape index (κ1) is 22.9. The first-order valence-electron chi connectivity index (χ1n) is 11.1. The minimum atomic E-state index is 0.258. The van der Waals surface area contributed by atoms with Gasteiger partial charge in [0.25, 0.3) is 0 Å². The molecule has 1 N–H and O–H groups in total. The first-order valence-corrected chi connectivity index (χ1v) is 11.9. The zero-order valence-corrected chi connectivity index (χ0v) is 19.8. The lowest BCUT2D eigenvalue weighted by Crippen LogP contribution is -2.33. The van der Waals surface area contributed by atoms with E-state index in [1.54, 1.807) is 18.4 Å². The van der Waals surface area contributed by atoms with Crippen LogP contribution >= 0.6 is 11.3 Å². The maximum atomic E-state index is 11.2. The van der Waals surface area contributed by atoms with Crippen molar-refractivity contribution < 1.29 is 9.53 Å². The van der Waals surface area contributed by atoms with Gasteiger partial charge in [0.2, 0.25) is 6.41 Å². The normalized spacial score (nSPS) is 15.7. The molecule has 5 rings (SSSR count). The van der Waals surface area contributed by atoms with Crippen LogP contribution in [0.2, 0.25) is 0 Å². The molecule has 0 radical (unpaired) electrons. The maximum Gasteiger partial charge on any atom is 0.209 e. The summed E-state index contributed by atoms with van der Waals surface area (Å²) in [4.78, 5) is 22.1. The molecule has 0 aliphatic carbocycles. The van der Waals surface area contributed by atoms with Crippen molar-refractivity contribution >= 4 is 23.3 Å². The predicted molar refractivity (Wildman–Crippen MR) is 132 cm³/mol. The molecule has 33 heavy (non-hydrogen) atoms. The lowest BCUT2D eigenvalue weighted by atomic mass is 9.97. The standard InChI is InChI=1S/C20H21N3O2.C5H8N2S/c1-25-17-8-4-6-15(12-17)19-18-9-2-3-11-23(18)20(21-19)16-7-5-10-22(13-16)14-24;1-6-4-5-7-2-3-8-5/h2-4,6,8-9,11-12,14,16H,5,7,10,13H2,1H3;2-3,6H,4H2,1H3. The summed E-state index contributed by atoms with van der Waals surface area (Å²) >= 11 is 1.67. The fraction of sp³-hybridized carbons (Fsp3) is 0.320. The van der Waals surface area contributed by atoms with E-state index in [2.05, 4.69) is 33.0 Å². The molecule has 7 nitrogen and oxygen atoms in total. The number of hydrogen-bond acceptors (Lipinski definition) is 6. The van der Waals surface area contributed by atoms with Crippen molar-refractivity contribution in [3.63, 3.8) is 0 Å². The predicted octanol–water partition coefficient (Wildman–Crippen LogP) is 4.21.